The topological polar surface area (TPSA) is 67.4 Å². The van der Waals surface area contributed by atoms with Crippen molar-refractivity contribution in [2.45, 2.75) is 32.1 Å². The van der Waals surface area contributed by atoms with Crippen LogP contribution in [0.25, 0.3) is 0 Å². The van der Waals surface area contributed by atoms with Crippen LogP contribution in [0.1, 0.15) is 28.2 Å². The van der Waals surface area contributed by atoms with E-state index in [1.165, 1.54) is 5.56 Å². The second-order valence-corrected chi connectivity index (χ2v) is 6.74. The number of amides is 1. The molecule has 0 unspecified atom stereocenters. The molecule has 1 amide bonds. The van der Waals surface area contributed by atoms with Gasteiger partial charge in [0.25, 0.3) is 5.91 Å². The zero-order valence-corrected chi connectivity index (χ0v) is 13.8. The minimum absolute atomic E-state index is 0.0134. The standard InChI is InChI=1S/C18H23N5O/c19-15-6-7-22(12-15)18(24)17-10-16-13-21(8-9-23(16)20-17)11-14-4-2-1-3-5-14/h1-5,10,15H,6-9,11-13,19H2/t15-/m1/s1. The fraction of sp³-hybridized carbons (Fsp3) is 0.444. The van der Waals surface area contributed by atoms with E-state index in [9.17, 15) is 4.79 Å². The Balaban J connectivity index is 1.45. The lowest BCUT2D eigenvalue weighted by atomic mass is 10.2. The molecule has 4 rings (SSSR count). The Morgan fingerprint density at radius 2 is 2.04 bits per heavy atom. The van der Waals surface area contributed by atoms with Crippen LogP contribution in [0, 0.1) is 0 Å². The summed E-state index contributed by atoms with van der Waals surface area (Å²) in [6.07, 6.45) is 0.879. The average Bonchev–Trinajstić information content (AvgIpc) is 3.21. The van der Waals surface area contributed by atoms with Crippen molar-refractivity contribution in [2.24, 2.45) is 5.73 Å². The Morgan fingerprint density at radius 1 is 1.21 bits per heavy atom. The fourth-order valence-electron chi connectivity index (χ4n) is 3.54. The molecule has 1 atom stereocenters. The molecule has 2 aliphatic heterocycles. The van der Waals surface area contributed by atoms with Crippen molar-refractivity contribution in [3.05, 3.63) is 53.3 Å². The third-order valence-corrected chi connectivity index (χ3v) is 4.86. The first-order valence-electron chi connectivity index (χ1n) is 8.57. The highest BCUT2D eigenvalue weighted by molar-refractivity contribution is 5.92. The molecule has 24 heavy (non-hydrogen) atoms. The van der Waals surface area contributed by atoms with Crippen LogP contribution in [0.5, 0.6) is 0 Å². The predicted molar refractivity (Wildman–Crippen MR) is 91.3 cm³/mol. The highest BCUT2D eigenvalue weighted by atomic mass is 16.2. The number of likely N-dealkylation sites (tertiary alicyclic amines) is 1. The zero-order chi connectivity index (χ0) is 16.5. The van der Waals surface area contributed by atoms with Crippen molar-refractivity contribution < 1.29 is 4.79 Å². The molecule has 0 spiro atoms. The van der Waals surface area contributed by atoms with Crippen molar-refractivity contribution >= 4 is 5.91 Å². The lowest BCUT2D eigenvalue weighted by molar-refractivity contribution is 0.0784. The van der Waals surface area contributed by atoms with Gasteiger partial charge in [-0.05, 0) is 18.1 Å². The predicted octanol–water partition coefficient (Wildman–Crippen LogP) is 1.07. The zero-order valence-electron chi connectivity index (χ0n) is 13.8. The number of aromatic nitrogens is 2. The summed E-state index contributed by atoms with van der Waals surface area (Å²) < 4.78 is 1.98. The van der Waals surface area contributed by atoms with Gasteiger partial charge in [0.05, 0.1) is 12.2 Å². The molecule has 2 N–H and O–H groups in total. The van der Waals surface area contributed by atoms with Crippen LogP contribution in [0.15, 0.2) is 36.4 Å². The van der Waals surface area contributed by atoms with Crippen LogP contribution in [-0.4, -0.2) is 51.2 Å². The van der Waals surface area contributed by atoms with Crippen LogP contribution in [0.2, 0.25) is 0 Å². The summed E-state index contributed by atoms with van der Waals surface area (Å²) >= 11 is 0. The van der Waals surface area contributed by atoms with E-state index in [0.717, 1.165) is 44.8 Å². The number of nitrogens with zero attached hydrogens (tertiary/aromatic N) is 4. The van der Waals surface area contributed by atoms with Gasteiger partial charge in [-0.2, -0.15) is 5.10 Å². The quantitative estimate of drug-likeness (QED) is 0.917. The van der Waals surface area contributed by atoms with Gasteiger partial charge in [-0.15, -0.1) is 0 Å². The molecule has 0 radical (unpaired) electrons. The molecule has 0 aliphatic carbocycles. The second-order valence-electron chi connectivity index (χ2n) is 6.74. The third-order valence-electron chi connectivity index (χ3n) is 4.86. The summed E-state index contributed by atoms with van der Waals surface area (Å²) in [7, 11) is 0. The number of carbonyl (C=O) groups excluding carboxylic acids is 1. The van der Waals surface area contributed by atoms with Gasteiger partial charge in [-0.1, -0.05) is 30.3 Å². The molecule has 2 aliphatic rings. The second kappa shape index (κ2) is 6.37. The minimum Gasteiger partial charge on any atom is -0.336 e. The molecular weight excluding hydrogens is 302 g/mol. The third kappa shape index (κ3) is 3.07. The largest absolute Gasteiger partial charge is 0.336 e. The van der Waals surface area contributed by atoms with E-state index in [1.54, 1.807) is 0 Å². The van der Waals surface area contributed by atoms with Crippen LogP contribution < -0.4 is 5.73 Å². The Labute approximate surface area is 141 Å². The molecule has 2 aromatic rings. The molecule has 6 heteroatoms. The minimum atomic E-state index is 0.0134. The molecule has 126 valence electrons. The first-order valence-corrected chi connectivity index (χ1v) is 8.57. The van der Waals surface area contributed by atoms with Gasteiger partial charge >= 0.3 is 0 Å². The number of nitrogens with two attached hydrogens (primary N) is 1. The summed E-state index contributed by atoms with van der Waals surface area (Å²) in [6.45, 7) is 4.91. The molecule has 1 aromatic heterocycles. The van der Waals surface area contributed by atoms with Crippen molar-refractivity contribution in [1.82, 2.24) is 19.6 Å². The summed E-state index contributed by atoms with van der Waals surface area (Å²) in [4.78, 5) is 16.8. The first-order chi connectivity index (χ1) is 11.7. The molecule has 6 nitrogen and oxygen atoms in total. The summed E-state index contributed by atoms with van der Waals surface area (Å²) in [5.41, 5.74) is 8.89. The number of fused-ring (bicyclic) bond motifs is 1. The van der Waals surface area contributed by atoms with Crippen molar-refractivity contribution in [2.75, 3.05) is 19.6 Å². The average molecular weight is 325 g/mol. The molecular formula is C18H23N5O. The van der Waals surface area contributed by atoms with E-state index in [4.69, 9.17) is 5.73 Å². The molecule has 3 heterocycles. The van der Waals surface area contributed by atoms with E-state index in [-0.39, 0.29) is 11.9 Å². The SMILES string of the molecule is N[C@@H]1CCN(C(=O)c2cc3n(n2)CCN(Cc2ccccc2)C3)C1. The number of hydrogen-bond donors (Lipinski definition) is 1. The van der Waals surface area contributed by atoms with Crippen LogP contribution in [0.3, 0.4) is 0 Å². The van der Waals surface area contributed by atoms with Gasteiger partial charge in [0.2, 0.25) is 0 Å². The molecule has 0 bridgehead atoms. The van der Waals surface area contributed by atoms with Crippen molar-refractivity contribution in [3.63, 3.8) is 0 Å². The molecule has 1 aromatic carbocycles. The number of benzene rings is 1. The van der Waals surface area contributed by atoms with Gasteiger partial charge in [-0.3, -0.25) is 14.4 Å². The first kappa shape index (κ1) is 15.4. The van der Waals surface area contributed by atoms with E-state index in [0.29, 0.717) is 12.2 Å². The highest BCUT2D eigenvalue weighted by Crippen LogP contribution is 2.18. The van der Waals surface area contributed by atoms with E-state index in [2.05, 4.69) is 34.3 Å². The van der Waals surface area contributed by atoms with Crippen molar-refractivity contribution in [3.8, 4) is 0 Å². The molecule has 1 saturated heterocycles. The Bertz CT molecular complexity index is 726. The van der Waals surface area contributed by atoms with Gasteiger partial charge < -0.3 is 10.6 Å². The lowest BCUT2D eigenvalue weighted by Crippen LogP contribution is -2.33. The van der Waals surface area contributed by atoms with Gasteiger partial charge in [0.1, 0.15) is 0 Å². The smallest absolute Gasteiger partial charge is 0.274 e. The fourth-order valence-corrected chi connectivity index (χ4v) is 3.54. The summed E-state index contributed by atoms with van der Waals surface area (Å²) in [6, 6.07) is 12.5. The highest BCUT2D eigenvalue weighted by Gasteiger charge is 2.28. The van der Waals surface area contributed by atoms with Crippen LogP contribution >= 0.6 is 0 Å². The van der Waals surface area contributed by atoms with Gasteiger partial charge in [-0.25, -0.2) is 0 Å². The molecule has 1 fully saturated rings. The maximum Gasteiger partial charge on any atom is 0.274 e. The Morgan fingerprint density at radius 3 is 2.79 bits per heavy atom. The number of hydrogen-bond acceptors (Lipinski definition) is 4. The monoisotopic (exact) mass is 325 g/mol. The number of rotatable bonds is 3. The molecule has 0 saturated carbocycles. The van der Waals surface area contributed by atoms with Gasteiger partial charge in [0, 0.05) is 38.8 Å². The maximum atomic E-state index is 12.6. The van der Waals surface area contributed by atoms with Gasteiger partial charge in [0.15, 0.2) is 5.69 Å². The Kier molecular flexibility index (Phi) is 4.08. The normalized spacial score (nSPS) is 21.0. The van der Waals surface area contributed by atoms with Crippen LogP contribution in [0.4, 0.5) is 0 Å². The van der Waals surface area contributed by atoms with E-state index in [1.807, 2.05) is 21.7 Å². The summed E-state index contributed by atoms with van der Waals surface area (Å²) in [5, 5.41) is 4.52. The lowest BCUT2D eigenvalue weighted by Gasteiger charge is -2.27. The Hall–Kier alpha value is -2.18. The van der Waals surface area contributed by atoms with Crippen LogP contribution in [-0.2, 0) is 19.6 Å². The van der Waals surface area contributed by atoms with E-state index < -0.39 is 0 Å². The van der Waals surface area contributed by atoms with Crippen molar-refractivity contribution in [1.29, 1.82) is 0 Å². The summed E-state index contributed by atoms with van der Waals surface area (Å²) in [5.74, 6) is 0.0134. The maximum absolute atomic E-state index is 12.6. The number of carbonyl (C=O) groups is 1. The van der Waals surface area contributed by atoms with E-state index >= 15 is 0 Å².